The van der Waals surface area contributed by atoms with Gasteiger partial charge in [0.2, 0.25) is 0 Å². The Balaban J connectivity index is 1.99. The molecule has 1 aliphatic heterocycles. The molecular weight excluding hydrogens is 342 g/mol. The maximum atomic E-state index is 12.9. The Morgan fingerprint density at radius 2 is 1.68 bits per heavy atom. The summed E-state index contributed by atoms with van der Waals surface area (Å²) in [6.45, 7) is 2.43. The molecule has 2 aromatic carbocycles. The van der Waals surface area contributed by atoms with E-state index in [1.807, 2.05) is 6.92 Å². The summed E-state index contributed by atoms with van der Waals surface area (Å²) in [6.07, 6.45) is 0. The minimum absolute atomic E-state index is 0.111. The van der Waals surface area contributed by atoms with Crippen LogP contribution in [0.25, 0.3) is 5.57 Å². The van der Waals surface area contributed by atoms with E-state index < -0.39 is 11.8 Å². The normalized spacial score (nSPS) is 14.3. The summed E-state index contributed by atoms with van der Waals surface area (Å²) in [7, 11) is 1.48. The van der Waals surface area contributed by atoms with E-state index in [0.717, 1.165) is 4.90 Å². The number of anilines is 1. The van der Waals surface area contributed by atoms with Gasteiger partial charge in [-0.15, -0.1) is 0 Å². The average Bonchev–Trinajstić information content (AvgIpc) is 2.85. The van der Waals surface area contributed by atoms with Gasteiger partial charge in [0.15, 0.2) is 0 Å². The molecule has 0 radical (unpaired) electrons. The molecule has 128 valence electrons. The van der Waals surface area contributed by atoms with Crippen LogP contribution in [-0.4, -0.2) is 25.5 Å². The van der Waals surface area contributed by atoms with Crippen molar-refractivity contribution in [2.75, 3.05) is 18.6 Å². The van der Waals surface area contributed by atoms with Gasteiger partial charge in [-0.1, -0.05) is 35.9 Å². The number of amides is 2. The van der Waals surface area contributed by atoms with Crippen LogP contribution in [0.2, 0.25) is 0 Å². The van der Waals surface area contributed by atoms with Crippen molar-refractivity contribution in [1.29, 1.82) is 0 Å². The number of nitrogens with zero attached hydrogens (tertiary/aromatic N) is 1. The van der Waals surface area contributed by atoms with Gasteiger partial charge in [0.25, 0.3) is 11.8 Å². The summed E-state index contributed by atoms with van der Waals surface area (Å²) >= 11 is 6.19. The first-order valence-electron chi connectivity index (χ1n) is 7.73. The number of carbonyl (C=O) groups is 2. The van der Waals surface area contributed by atoms with Crippen LogP contribution >= 0.6 is 11.6 Å². The van der Waals surface area contributed by atoms with E-state index in [2.05, 4.69) is 0 Å². The maximum absolute atomic E-state index is 12.9. The van der Waals surface area contributed by atoms with Crippen LogP contribution in [0.4, 0.5) is 5.69 Å². The zero-order valence-corrected chi connectivity index (χ0v) is 14.5. The standard InChI is InChI=1S/C19H16ClNO4/c1-3-25-13-10-8-12(9-11-13)16-17(20)19(23)21(18(16)22)14-6-4-5-7-15(14)24-2/h4-11H,3H2,1-2H3. The molecule has 0 atom stereocenters. The van der Waals surface area contributed by atoms with Crippen LogP contribution in [0.5, 0.6) is 11.5 Å². The summed E-state index contributed by atoms with van der Waals surface area (Å²) in [4.78, 5) is 26.5. The Morgan fingerprint density at radius 1 is 1.00 bits per heavy atom. The molecule has 0 unspecified atom stereocenters. The molecule has 5 nitrogen and oxygen atoms in total. The fourth-order valence-corrected chi connectivity index (χ4v) is 2.95. The summed E-state index contributed by atoms with van der Waals surface area (Å²) < 4.78 is 10.6. The number of halogens is 1. The van der Waals surface area contributed by atoms with Crippen molar-refractivity contribution >= 4 is 34.7 Å². The Bertz CT molecular complexity index is 858. The molecule has 6 heteroatoms. The highest BCUT2D eigenvalue weighted by atomic mass is 35.5. The summed E-state index contributed by atoms with van der Waals surface area (Å²) in [6, 6.07) is 13.7. The molecule has 0 saturated heterocycles. The molecule has 0 bridgehead atoms. The van der Waals surface area contributed by atoms with Crippen molar-refractivity contribution in [2.45, 2.75) is 6.92 Å². The summed E-state index contributed by atoms with van der Waals surface area (Å²) in [5.74, 6) is 0.0478. The van der Waals surface area contributed by atoms with Gasteiger partial charge in [-0.05, 0) is 36.8 Å². The van der Waals surface area contributed by atoms with Crippen molar-refractivity contribution in [3.05, 3.63) is 59.1 Å². The predicted octanol–water partition coefficient (Wildman–Crippen LogP) is 3.62. The minimum Gasteiger partial charge on any atom is -0.495 e. The van der Waals surface area contributed by atoms with Gasteiger partial charge >= 0.3 is 0 Å². The quantitative estimate of drug-likeness (QED) is 0.767. The van der Waals surface area contributed by atoms with Crippen molar-refractivity contribution in [3.63, 3.8) is 0 Å². The number of carbonyl (C=O) groups excluding carboxylic acids is 2. The zero-order chi connectivity index (χ0) is 18.0. The lowest BCUT2D eigenvalue weighted by atomic mass is 10.1. The van der Waals surface area contributed by atoms with Crippen LogP contribution < -0.4 is 14.4 Å². The number of rotatable bonds is 5. The highest BCUT2D eigenvalue weighted by Gasteiger charge is 2.40. The molecule has 0 aliphatic carbocycles. The molecule has 3 rings (SSSR count). The van der Waals surface area contributed by atoms with Crippen LogP contribution in [0.1, 0.15) is 12.5 Å². The fourth-order valence-electron chi connectivity index (χ4n) is 2.67. The van der Waals surface area contributed by atoms with Crippen LogP contribution in [0.15, 0.2) is 53.6 Å². The Morgan fingerprint density at radius 3 is 2.32 bits per heavy atom. The number of ether oxygens (including phenoxy) is 2. The maximum Gasteiger partial charge on any atom is 0.277 e. The van der Waals surface area contributed by atoms with Crippen LogP contribution in [-0.2, 0) is 9.59 Å². The van der Waals surface area contributed by atoms with Crippen molar-refractivity contribution < 1.29 is 19.1 Å². The molecule has 0 N–H and O–H groups in total. The zero-order valence-electron chi connectivity index (χ0n) is 13.8. The molecule has 2 amide bonds. The van der Waals surface area contributed by atoms with Gasteiger partial charge in [0, 0.05) is 0 Å². The van der Waals surface area contributed by atoms with Crippen LogP contribution in [0, 0.1) is 0 Å². The first kappa shape index (κ1) is 17.0. The van der Waals surface area contributed by atoms with E-state index in [4.69, 9.17) is 21.1 Å². The number of hydrogen-bond donors (Lipinski definition) is 0. The van der Waals surface area contributed by atoms with E-state index >= 15 is 0 Å². The van der Waals surface area contributed by atoms with Gasteiger partial charge in [-0.3, -0.25) is 9.59 Å². The Hall–Kier alpha value is -2.79. The number of hydrogen-bond acceptors (Lipinski definition) is 4. The topological polar surface area (TPSA) is 55.8 Å². The molecule has 0 aromatic heterocycles. The Labute approximate surface area is 150 Å². The summed E-state index contributed by atoms with van der Waals surface area (Å²) in [5.41, 5.74) is 1.09. The van der Waals surface area contributed by atoms with E-state index in [0.29, 0.717) is 29.4 Å². The lowest BCUT2D eigenvalue weighted by Gasteiger charge is -2.17. The third kappa shape index (κ3) is 2.98. The largest absolute Gasteiger partial charge is 0.495 e. The van der Waals surface area contributed by atoms with E-state index in [1.165, 1.54) is 7.11 Å². The molecule has 25 heavy (non-hydrogen) atoms. The van der Waals surface area contributed by atoms with Crippen molar-refractivity contribution in [3.8, 4) is 11.5 Å². The first-order chi connectivity index (χ1) is 12.1. The van der Waals surface area contributed by atoms with Gasteiger partial charge in [0.05, 0.1) is 25.0 Å². The molecular formula is C19H16ClNO4. The predicted molar refractivity (Wildman–Crippen MR) is 95.9 cm³/mol. The average molecular weight is 358 g/mol. The van der Waals surface area contributed by atoms with E-state index in [-0.39, 0.29) is 10.6 Å². The van der Waals surface area contributed by atoms with Gasteiger partial charge < -0.3 is 9.47 Å². The monoisotopic (exact) mass is 357 g/mol. The molecule has 0 saturated carbocycles. The molecule has 0 spiro atoms. The summed E-state index contributed by atoms with van der Waals surface area (Å²) in [5, 5.41) is -0.111. The fraction of sp³-hybridized carbons (Fsp3) is 0.158. The second-order valence-electron chi connectivity index (χ2n) is 5.26. The third-order valence-electron chi connectivity index (χ3n) is 3.81. The highest BCUT2D eigenvalue weighted by Crippen LogP contribution is 2.38. The number of benzene rings is 2. The van der Waals surface area contributed by atoms with Gasteiger partial charge in [0.1, 0.15) is 16.5 Å². The second kappa shape index (κ2) is 6.99. The molecule has 1 heterocycles. The second-order valence-corrected chi connectivity index (χ2v) is 5.64. The molecule has 1 aliphatic rings. The molecule has 0 fully saturated rings. The number of methoxy groups -OCH3 is 1. The van der Waals surface area contributed by atoms with Crippen molar-refractivity contribution in [1.82, 2.24) is 0 Å². The van der Waals surface area contributed by atoms with Crippen molar-refractivity contribution in [2.24, 2.45) is 0 Å². The lowest BCUT2D eigenvalue weighted by Crippen LogP contribution is -2.31. The van der Waals surface area contributed by atoms with Crippen LogP contribution in [0.3, 0.4) is 0 Å². The molecule has 2 aromatic rings. The van der Waals surface area contributed by atoms with Gasteiger partial charge in [-0.25, -0.2) is 4.90 Å². The van der Waals surface area contributed by atoms with E-state index in [1.54, 1.807) is 48.5 Å². The lowest BCUT2D eigenvalue weighted by molar-refractivity contribution is -0.119. The highest BCUT2D eigenvalue weighted by molar-refractivity contribution is 6.60. The van der Waals surface area contributed by atoms with Gasteiger partial charge in [-0.2, -0.15) is 0 Å². The Kier molecular flexibility index (Phi) is 4.76. The first-order valence-corrected chi connectivity index (χ1v) is 8.11. The number of para-hydroxylation sites is 2. The number of imide groups is 1. The third-order valence-corrected chi connectivity index (χ3v) is 4.16. The van der Waals surface area contributed by atoms with E-state index in [9.17, 15) is 9.59 Å². The minimum atomic E-state index is -0.569. The SMILES string of the molecule is CCOc1ccc(C2=C(Cl)C(=O)N(c3ccccc3OC)C2=O)cc1. The smallest absolute Gasteiger partial charge is 0.277 e.